The zero-order valence-corrected chi connectivity index (χ0v) is 11.9. The van der Waals surface area contributed by atoms with Gasteiger partial charge in [-0.3, -0.25) is 4.68 Å². The summed E-state index contributed by atoms with van der Waals surface area (Å²) in [6, 6.07) is 3.67. The number of benzene rings is 1. The average Bonchev–Trinajstić information content (AvgIpc) is 2.82. The van der Waals surface area contributed by atoms with Gasteiger partial charge in [-0.15, -0.1) is 5.10 Å². The van der Waals surface area contributed by atoms with Crippen molar-refractivity contribution in [2.45, 2.75) is 12.8 Å². The van der Waals surface area contributed by atoms with Gasteiger partial charge >= 0.3 is 0 Å². The first-order valence-corrected chi connectivity index (χ1v) is 6.27. The van der Waals surface area contributed by atoms with E-state index in [0.717, 1.165) is 24.1 Å². The Morgan fingerprint density at radius 3 is 2.42 bits per heavy atom. The van der Waals surface area contributed by atoms with Crippen LogP contribution in [0.25, 0.3) is 0 Å². The topological polar surface area (TPSA) is 49.2 Å². The Kier molecular flexibility index (Phi) is 4.27. The zero-order valence-electron chi connectivity index (χ0n) is 11.2. The second kappa shape index (κ2) is 5.93. The lowest BCUT2D eigenvalue weighted by molar-refractivity contribution is 0.354. The molecule has 1 aromatic heterocycles. The number of hydrogen-bond acceptors (Lipinski definition) is 4. The Morgan fingerprint density at radius 1 is 1.16 bits per heavy atom. The highest BCUT2D eigenvalue weighted by Crippen LogP contribution is 2.33. The molecule has 102 valence electrons. The van der Waals surface area contributed by atoms with E-state index in [1.165, 1.54) is 0 Å². The molecule has 0 saturated carbocycles. The Labute approximate surface area is 117 Å². The molecule has 19 heavy (non-hydrogen) atoms. The van der Waals surface area contributed by atoms with E-state index in [4.69, 9.17) is 21.1 Å². The molecule has 1 aromatic carbocycles. The normalized spacial score (nSPS) is 10.5. The lowest BCUT2D eigenvalue weighted by atomic mass is 10.1. The van der Waals surface area contributed by atoms with Crippen molar-refractivity contribution in [3.63, 3.8) is 0 Å². The molecule has 0 unspecified atom stereocenters. The van der Waals surface area contributed by atoms with Gasteiger partial charge in [-0.2, -0.15) is 0 Å². The number of rotatable bonds is 5. The second-order valence-corrected chi connectivity index (χ2v) is 4.59. The minimum Gasteiger partial charge on any atom is -0.493 e. The summed E-state index contributed by atoms with van der Waals surface area (Å²) in [6.45, 7) is 0. The van der Waals surface area contributed by atoms with E-state index in [-0.39, 0.29) is 0 Å². The second-order valence-electron chi connectivity index (χ2n) is 4.18. The van der Waals surface area contributed by atoms with Gasteiger partial charge in [-0.1, -0.05) is 16.8 Å². The third kappa shape index (κ3) is 3.17. The predicted octanol–water partition coefficient (Wildman–Crippen LogP) is 2.27. The molecule has 0 aliphatic carbocycles. The van der Waals surface area contributed by atoms with Crippen molar-refractivity contribution >= 4 is 11.6 Å². The summed E-state index contributed by atoms with van der Waals surface area (Å²) in [5, 5.41) is 8.62. The molecule has 0 saturated heterocycles. The molecule has 0 atom stereocenters. The summed E-state index contributed by atoms with van der Waals surface area (Å²) >= 11 is 6.23. The van der Waals surface area contributed by atoms with Gasteiger partial charge < -0.3 is 9.47 Å². The van der Waals surface area contributed by atoms with E-state index in [1.807, 2.05) is 19.3 Å². The van der Waals surface area contributed by atoms with Crippen molar-refractivity contribution in [2.24, 2.45) is 7.05 Å². The quantitative estimate of drug-likeness (QED) is 0.844. The van der Waals surface area contributed by atoms with Crippen LogP contribution in [0.15, 0.2) is 18.3 Å². The van der Waals surface area contributed by atoms with Gasteiger partial charge in [-0.05, 0) is 24.5 Å². The third-order valence-corrected chi connectivity index (χ3v) is 3.21. The molecule has 0 fully saturated rings. The molecule has 0 N–H and O–H groups in total. The molecule has 0 amide bonds. The molecule has 0 bridgehead atoms. The first-order valence-electron chi connectivity index (χ1n) is 5.89. The number of aryl methyl sites for hydroxylation is 3. The summed E-state index contributed by atoms with van der Waals surface area (Å²) in [4.78, 5) is 0. The van der Waals surface area contributed by atoms with Crippen molar-refractivity contribution < 1.29 is 9.47 Å². The van der Waals surface area contributed by atoms with Crippen LogP contribution in [0.5, 0.6) is 11.5 Å². The molecule has 0 aliphatic heterocycles. The average molecular weight is 282 g/mol. The minimum absolute atomic E-state index is 0.635. The standard InChI is InChI=1S/C13H16ClN3O2/c1-17-8-10(15-16-17)5-4-9-6-12(18-2)13(19-3)7-11(9)14/h6-8H,4-5H2,1-3H3. The van der Waals surface area contributed by atoms with E-state index in [2.05, 4.69) is 10.3 Å². The Bertz CT molecular complexity index is 569. The van der Waals surface area contributed by atoms with Crippen LogP contribution in [0.1, 0.15) is 11.3 Å². The van der Waals surface area contributed by atoms with Gasteiger partial charge in [-0.25, -0.2) is 0 Å². The van der Waals surface area contributed by atoms with Crippen molar-refractivity contribution in [3.05, 3.63) is 34.6 Å². The van der Waals surface area contributed by atoms with E-state index in [9.17, 15) is 0 Å². The number of methoxy groups -OCH3 is 2. The smallest absolute Gasteiger partial charge is 0.162 e. The maximum atomic E-state index is 6.23. The van der Waals surface area contributed by atoms with E-state index in [0.29, 0.717) is 16.5 Å². The van der Waals surface area contributed by atoms with Gasteiger partial charge in [0.15, 0.2) is 11.5 Å². The number of nitrogens with zero attached hydrogens (tertiary/aromatic N) is 3. The molecular weight excluding hydrogens is 266 g/mol. The van der Waals surface area contributed by atoms with Crippen LogP contribution in [0, 0.1) is 0 Å². The van der Waals surface area contributed by atoms with Crippen LogP contribution in [-0.2, 0) is 19.9 Å². The monoisotopic (exact) mass is 281 g/mol. The van der Waals surface area contributed by atoms with Crippen LogP contribution in [0.4, 0.5) is 0 Å². The van der Waals surface area contributed by atoms with Crippen LogP contribution in [0.2, 0.25) is 5.02 Å². The number of hydrogen-bond donors (Lipinski definition) is 0. The minimum atomic E-state index is 0.635. The Balaban J connectivity index is 2.15. The lowest BCUT2D eigenvalue weighted by Gasteiger charge is -2.11. The first-order chi connectivity index (χ1) is 9.13. The van der Waals surface area contributed by atoms with Gasteiger partial charge in [0, 0.05) is 24.3 Å². The summed E-state index contributed by atoms with van der Waals surface area (Å²) < 4.78 is 12.2. The highest BCUT2D eigenvalue weighted by Gasteiger charge is 2.10. The fourth-order valence-electron chi connectivity index (χ4n) is 1.86. The molecule has 0 spiro atoms. The first kappa shape index (κ1) is 13.7. The number of halogens is 1. The Morgan fingerprint density at radius 2 is 1.84 bits per heavy atom. The van der Waals surface area contributed by atoms with Crippen molar-refractivity contribution in [3.8, 4) is 11.5 Å². The van der Waals surface area contributed by atoms with Gasteiger partial charge in [0.05, 0.1) is 19.9 Å². The molecule has 0 aliphatic rings. The predicted molar refractivity (Wildman–Crippen MR) is 73.0 cm³/mol. The van der Waals surface area contributed by atoms with Crippen molar-refractivity contribution in [2.75, 3.05) is 14.2 Å². The molecule has 2 rings (SSSR count). The van der Waals surface area contributed by atoms with Crippen LogP contribution < -0.4 is 9.47 Å². The molecular formula is C13H16ClN3O2. The molecule has 1 heterocycles. The van der Waals surface area contributed by atoms with Gasteiger partial charge in [0.2, 0.25) is 0 Å². The highest BCUT2D eigenvalue weighted by atomic mass is 35.5. The fourth-order valence-corrected chi connectivity index (χ4v) is 2.11. The Hall–Kier alpha value is -1.75. The summed E-state index contributed by atoms with van der Waals surface area (Å²) in [5.41, 5.74) is 1.94. The summed E-state index contributed by atoms with van der Waals surface area (Å²) in [5.74, 6) is 1.32. The lowest BCUT2D eigenvalue weighted by Crippen LogP contribution is -1.96. The highest BCUT2D eigenvalue weighted by molar-refractivity contribution is 6.31. The molecule has 0 radical (unpaired) electrons. The number of aromatic nitrogens is 3. The summed E-state index contributed by atoms with van der Waals surface area (Å²) in [6.07, 6.45) is 3.45. The summed E-state index contributed by atoms with van der Waals surface area (Å²) in [7, 11) is 5.05. The van der Waals surface area contributed by atoms with E-state index in [1.54, 1.807) is 25.0 Å². The van der Waals surface area contributed by atoms with Crippen LogP contribution in [-0.4, -0.2) is 29.2 Å². The third-order valence-electron chi connectivity index (χ3n) is 2.85. The molecule has 5 nitrogen and oxygen atoms in total. The molecule has 6 heteroatoms. The van der Waals surface area contributed by atoms with Crippen molar-refractivity contribution in [1.29, 1.82) is 0 Å². The van der Waals surface area contributed by atoms with Crippen molar-refractivity contribution in [1.82, 2.24) is 15.0 Å². The van der Waals surface area contributed by atoms with Gasteiger partial charge in [0.1, 0.15) is 0 Å². The zero-order chi connectivity index (χ0) is 13.8. The maximum absolute atomic E-state index is 6.23. The van der Waals surface area contributed by atoms with Gasteiger partial charge in [0.25, 0.3) is 0 Å². The van der Waals surface area contributed by atoms with Crippen LogP contribution >= 0.6 is 11.6 Å². The van der Waals surface area contributed by atoms with E-state index >= 15 is 0 Å². The maximum Gasteiger partial charge on any atom is 0.162 e. The SMILES string of the molecule is COc1cc(Cl)c(CCc2cn(C)nn2)cc1OC. The number of ether oxygens (including phenoxy) is 2. The largest absolute Gasteiger partial charge is 0.493 e. The van der Waals surface area contributed by atoms with E-state index < -0.39 is 0 Å². The molecule has 2 aromatic rings. The fraction of sp³-hybridized carbons (Fsp3) is 0.385. The van der Waals surface area contributed by atoms with Crippen LogP contribution in [0.3, 0.4) is 0 Å².